The van der Waals surface area contributed by atoms with Crippen LogP contribution in [0, 0.1) is 6.92 Å². The number of imide groups is 1. The van der Waals surface area contributed by atoms with Crippen molar-refractivity contribution < 1.29 is 23.7 Å². The zero-order chi connectivity index (χ0) is 49.2. The lowest BCUT2D eigenvalue weighted by Gasteiger charge is -2.43. The summed E-state index contributed by atoms with van der Waals surface area (Å²) in [6.45, 7) is 20.6. The zero-order valence-electron chi connectivity index (χ0n) is 41.2. The van der Waals surface area contributed by atoms with E-state index in [2.05, 4.69) is 93.8 Å². The van der Waals surface area contributed by atoms with Gasteiger partial charge in [0.2, 0.25) is 24.2 Å². The van der Waals surface area contributed by atoms with Gasteiger partial charge in [0.15, 0.2) is 0 Å². The standard InChI is InChI=1S/C52H66BrN10O5P/c1-9-36-29-43(58-51-54-31-40(53)49(59-51)57-42-16-15-41-38(13-10-33(2)56-41)48(42)69(7,8)67)46(68-6)30-44(36)62-22-19-37(20-23-62)61-26-24-60(25-27-61)21-18-35-12-14-39-45(28-35)63(50(66)52(39,4)5)34(3)11-17-47(65)55-32-64/h10,12-16,28-32,34,37H,9,11,17-27H2,1-8H3,(H,55,64,65)(H2,54,57,58,59). The molecule has 0 spiro atoms. The fraction of sp³-hybridized carbons (Fsp3) is 0.462. The number of piperazine rings is 1. The number of aromatic nitrogens is 3. The highest BCUT2D eigenvalue weighted by Gasteiger charge is 2.45. The van der Waals surface area contributed by atoms with Crippen molar-refractivity contribution in [3.05, 3.63) is 87.7 Å². The summed E-state index contributed by atoms with van der Waals surface area (Å²) in [4.78, 5) is 60.1. The number of hydrogen-bond acceptors (Lipinski definition) is 13. The quantitative estimate of drug-likeness (QED) is 0.0603. The largest absolute Gasteiger partial charge is 0.494 e. The Morgan fingerprint density at radius 3 is 2.42 bits per heavy atom. The molecule has 0 saturated carbocycles. The Hall–Kier alpha value is -5.41. The molecule has 69 heavy (non-hydrogen) atoms. The maximum absolute atomic E-state index is 13.7. The predicted octanol–water partition coefficient (Wildman–Crippen LogP) is 8.30. The third kappa shape index (κ3) is 10.8. The second kappa shape index (κ2) is 20.9. The molecule has 366 valence electrons. The summed E-state index contributed by atoms with van der Waals surface area (Å²) < 4.78 is 20.3. The second-order valence-electron chi connectivity index (χ2n) is 19.6. The number of halogens is 1. The lowest BCUT2D eigenvalue weighted by molar-refractivity contribution is -0.126. The number of amides is 3. The first-order chi connectivity index (χ1) is 33.0. The highest BCUT2D eigenvalue weighted by atomic mass is 79.9. The van der Waals surface area contributed by atoms with Crippen molar-refractivity contribution >= 4 is 92.0 Å². The Bertz CT molecular complexity index is 2780. The van der Waals surface area contributed by atoms with Crippen LogP contribution in [0.15, 0.2) is 65.3 Å². The molecule has 3 aromatic carbocycles. The van der Waals surface area contributed by atoms with Crippen molar-refractivity contribution in [1.29, 1.82) is 0 Å². The maximum Gasteiger partial charge on any atom is 0.237 e. The molecular weight excluding hydrogens is 956 g/mol. The number of nitrogens with one attached hydrogen (secondary N) is 3. The summed E-state index contributed by atoms with van der Waals surface area (Å²) in [5.74, 6) is 1.35. The number of piperidine rings is 1. The first-order valence-electron chi connectivity index (χ1n) is 24.1. The van der Waals surface area contributed by atoms with E-state index in [1.165, 1.54) is 16.8 Å². The Morgan fingerprint density at radius 2 is 1.72 bits per heavy atom. The number of pyridine rings is 1. The van der Waals surface area contributed by atoms with Crippen LogP contribution in [0.5, 0.6) is 5.75 Å². The summed E-state index contributed by atoms with van der Waals surface area (Å²) in [7, 11) is -1.04. The smallest absolute Gasteiger partial charge is 0.237 e. The van der Waals surface area contributed by atoms with Crippen LogP contribution < -0.4 is 35.8 Å². The molecule has 1 unspecified atom stereocenters. The van der Waals surface area contributed by atoms with Crippen LogP contribution in [0.4, 0.5) is 34.5 Å². The molecule has 3 aliphatic heterocycles. The molecule has 2 aromatic heterocycles. The van der Waals surface area contributed by atoms with Crippen LogP contribution in [0.3, 0.4) is 0 Å². The van der Waals surface area contributed by atoms with E-state index in [0.717, 1.165) is 110 Å². The highest BCUT2D eigenvalue weighted by Crippen LogP contribution is 2.45. The number of carbonyl (C=O) groups is 3. The number of carbonyl (C=O) groups excluding carboxylic acids is 3. The van der Waals surface area contributed by atoms with Gasteiger partial charge in [-0.15, -0.1) is 0 Å². The van der Waals surface area contributed by atoms with Crippen LogP contribution in [-0.2, 0) is 37.2 Å². The molecule has 0 bridgehead atoms. The first-order valence-corrected chi connectivity index (χ1v) is 27.5. The molecule has 1 atom stereocenters. The van der Waals surface area contributed by atoms with Gasteiger partial charge in [-0.25, -0.2) is 4.98 Å². The number of benzene rings is 3. The molecular formula is C52H66BrN10O5P. The number of anilines is 6. The number of nitrogens with zero attached hydrogens (tertiary/aromatic N) is 7. The van der Waals surface area contributed by atoms with E-state index in [0.29, 0.717) is 46.5 Å². The van der Waals surface area contributed by atoms with E-state index in [9.17, 15) is 18.9 Å². The predicted molar refractivity (Wildman–Crippen MR) is 281 cm³/mol. The number of aryl methyl sites for hydroxylation is 2. The van der Waals surface area contributed by atoms with E-state index in [-0.39, 0.29) is 24.3 Å². The zero-order valence-corrected chi connectivity index (χ0v) is 43.7. The Morgan fingerprint density at radius 1 is 0.971 bits per heavy atom. The number of hydrogen-bond donors (Lipinski definition) is 3. The van der Waals surface area contributed by atoms with Crippen molar-refractivity contribution in [3.63, 3.8) is 0 Å². The lowest BCUT2D eigenvalue weighted by atomic mass is 9.85. The Kier molecular flexibility index (Phi) is 15.1. The minimum Gasteiger partial charge on any atom is -0.494 e. The molecule has 0 aliphatic carbocycles. The molecule has 5 heterocycles. The number of fused-ring (bicyclic) bond motifs is 2. The highest BCUT2D eigenvalue weighted by molar-refractivity contribution is 9.10. The third-order valence-corrected chi connectivity index (χ3v) is 16.3. The van der Waals surface area contributed by atoms with E-state index in [1.807, 2.05) is 56.9 Å². The van der Waals surface area contributed by atoms with E-state index in [1.54, 1.807) is 26.6 Å². The summed E-state index contributed by atoms with van der Waals surface area (Å²) in [5, 5.41) is 10.7. The Balaban J connectivity index is 0.864. The lowest BCUT2D eigenvalue weighted by Crippen LogP contribution is -2.53. The van der Waals surface area contributed by atoms with Gasteiger partial charge in [0.05, 0.1) is 33.9 Å². The van der Waals surface area contributed by atoms with Crippen molar-refractivity contribution in [3.8, 4) is 5.75 Å². The SMILES string of the molecule is CCc1cc(Nc2ncc(Br)c(Nc3ccc4nc(C)ccc4c3P(C)(C)=O)n2)c(OC)cc1N1CCC(N2CCN(CCc3ccc4c(c3)N(C(C)CCC(=O)NC=O)C(=O)C4(C)C)CC2)CC1. The molecule has 2 fully saturated rings. The molecule has 2 saturated heterocycles. The van der Waals surface area contributed by atoms with E-state index < -0.39 is 12.6 Å². The summed E-state index contributed by atoms with van der Waals surface area (Å²) >= 11 is 3.63. The van der Waals surface area contributed by atoms with Gasteiger partial charge in [-0.2, -0.15) is 4.98 Å². The number of methoxy groups -OCH3 is 1. The summed E-state index contributed by atoms with van der Waals surface area (Å²) in [6, 6.07) is 18.9. The van der Waals surface area contributed by atoms with Gasteiger partial charge in [-0.3, -0.25) is 29.6 Å². The van der Waals surface area contributed by atoms with Gasteiger partial charge in [0.1, 0.15) is 18.7 Å². The first kappa shape index (κ1) is 50.0. The van der Waals surface area contributed by atoms with Crippen molar-refractivity contribution in [2.75, 3.05) is 86.7 Å². The van der Waals surface area contributed by atoms with Gasteiger partial charge in [0, 0.05) is 104 Å². The van der Waals surface area contributed by atoms with Gasteiger partial charge < -0.3 is 34.6 Å². The summed E-state index contributed by atoms with van der Waals surface area (Å²) in [5.41, 5.74) is 8.11. The van der Waals surface area contributed by atoms with Crippen LogP contribution >= 0.6 is 23.1 Å². The second-order valence-corrected chi connectivity index (χ2v) is 23.6. The van der Waals surface area contributed by atoms with Crippen LogP contribution in [0.2, 0.25) is 0 Å². The molecule has 15 nitrogen and oxygen atoms in total. The minimum atomic E-state index is -2.73. The maximum atomic E-state index is 13.7. The van der Waals surface area contributed by atoms with Crippen molar-refractivity contribution in [2.45, 2.75) is 90.6 Å². The third-order valence-electron chi connectivity index (χ3n) is 14.2. The normalized spacial score (nSPS) is 17.2. The van der Waals surface area contributed by atoms with Crippen molar-refractivity contribution in [2.24, 2.45) is 0 Å². The molecule has 0 radical (unpaired) electrons. The number of ether oxygens (including phenoxy) is 1. The number of rotatable bonds is 17. The molecule has 5 aromatic rings. The van der Waals surface area contributed by atoms with Crippen LogP contribution in [-0.4, -0.2) is 121 Å². The molecule has 3 aliphatic rings. The van der Waals surface area contributed by atoms with Gasteiger partial charge in [-0.1, -0.05) is 25.1 Å². The van der Waals surface area contributed by atoms with Crippen molar-refractivity contribution in [1.82, 2.24) is 30.1 Å². The topological polar surface area (TPSA) is 165 Å². The molecule has 17 heteroatoms. The van der Waals surface area contributed by atoms with E-state index >= 15 is 0 Å². The van der Waals surface area contributed by atoms with Gasteiger partial charge in [-0.05, 0) is 136 Å². The van der Waals surface area contributed by atoms with Gasteiger partial charge in [0.25, 0.3) is 0 Å². The summed E-state index contributed by atoms with van der Waals surface area (Å²) in [6.07, 6.45) is 6.68. The monoisotopic (exact) mass is 1020 g/mol. The molecule has 3 N–H and O–H groups in total. The average molecular weight is 1020 g/mol. The van der Waals surface area contributed by atoms with E-state index in [4.69, 9.17) is 9.72 Å². The van der Waals surface area contributed by atoms with Crippen LogP contribution in [0.1, 0.15) is 75.8 Å². The molecule has 8 rings (SSSR count). The Labute approximate surface area is 414 Å². The van der Waals surface area contributed by atoms with Gasteiger partial charge >= 0.3 is 0 Å². The fourth-order valence-electron chi connectivity index (χ4n) is 10.3. The molecule has 3 amide bonds. The minimum absolute atomic E-state index is 0.0434. The average Bonchev–Trinajstić information content (AvgIpc) is 3.53. The van der Waals surface area contributed by atoms with Crippen LogP contribution in [0.25, 0.3) is 10.9 Å². The fourth-order valence-corrected chi connectivity index (χ4v) is 12.1.